The Labute approximate surface area is 147 Å². The molecule has 0 saturated heterocycles. The largest absolute Gasteiger partial charge is 0.481 e. The first-order chi connectivity index (χ1) is 11.4. The van der Waals surface area contributed by atoms with Crippen LogP contribution in [0.15, 0.2) is 0 Å². The van der Waals surface area contributed by atoms with Gasteiger partial charge in [0.1, 0.15) is 0 Å². The van der Waals surface area contributed by atoms with Gasteiger partial charge in [0.2, 0.25) is 0 Å². The lowest BCUT2D eigenvalue weighted by atomic mass is 9.82. The minimum absolute atomic E-state index is 0.0228. The van der Waals surface area contributed by atoms with Crippen molar-refractivity contribution < 1.29 is 19.4 Å². The highest BCUT2D eigenvalue weighted by Crippen LogP contribution is 2.30. The Morgan fingerprint density at radius 2 is 1.38 bits per heavy atom. The van der Waals surface area contributed by atoms with Crippen LogP contribution < -0.4 is 0 Å². The van der Waals surface area contributed by atoms with Gasteiger partial charge >= 0.3 is 11.9 Å². The van der Waals surface area contributed by atoms with Crippen molar-refractivity contribution in [2.45, 2.75) is 97.5 Å². The molecule has 1 aliphatic carbocycles. The molecule has 0 spiro atoms. The van der Waals surface area contributed by atoms with Crippen LogP contribution in [0, 0.1) is 17.8 Å². The number of hydrogen-bond acceptors (Lipinski definition) is 3. The van der Waals surface area contributed by atoms with Crippen LogP contribution in [0.1, 0.15) is 91.4 Å². The second kappa shape index (κ2) is 11.5. The molecule has 0 amide bonds. The minimum Gasteiger partial charge on any atom is -0.481 e. The Morgan fingerprint density at radius 1 is 0.875 bits per heavy atom. The molecule has 24 heavy (non-hydrogen) atoms. The van der Waals surface area contributed by atoms with Gasteiger partial charge in [0.05, 0.1) is 17.9 Å². The maximum atomic E-state index is 12.2. The second-order valence-corrected chi connectivity index (χ2v) is 7.87. The van der Waals surface area contributed by atoms with Crippen molar-refractivity contribution in [1.82, 2.24) is 0 Å². The van der Waals surface area contributed by atoms with Crippen molar-refractivity contribution in [3.8, 4) is 0 Å². The molecule has 4 nitrogen and oxygen atoms in total. The summed E-state index contributed by atoms with van der Waals surface area (Å²) in [5, 5.41) is 8.99. The molecule has 1 fully saturated rings. The molecular formula is C20H36O4. The van der Waals surface area contributed by atoms with Crippen LogP contribution >= 0.6 is 0 Å². The average molecular weight is 341 g/mol. The molecule has 0 bridgehead atoms. The van der Waals surface area contributed by atoms with Gasteiger partial charge in [-0.2, -0.15) is 0 Å². The van der Waals surface area contributed by atoms with Crippen LogP contribution in [0.4, 0.5) is 0 Å². The number of hydrogen-bond donors (Lipinski definition) is 1. The van der Waals surface area contributed by atoms with Gasteiger partial charge in [-0.1, -0.05) is 46.0 Å². The number of rotatable bonds is 11. The van der Waals surface area contributed by atoms with Gasteiger partial charge in [-0.25, -0.2) is 0 Å². The maximum absolute atomic E-state index is 12.2. The fraction of sp³-hybridized carbons (Fsp3) is 0.900. The fourth-order valence-electron chi connectivity index (χ4n) is 3.44. The summed E-state index contributed by atoms with van der Waals surface area (Å²) in [5.74, 6) is -0.428. The zero-order valence-electron chi connectivity index (χ0n) is 15.8. The number of ether oxygens (including phenoxy) is 1. The van der Waals surface area contributed by atoms with E-state index < -0.39 is 5.97 Å². The maximum Gasteiger partial charge on any atom is 0.309 e. The summed E-state index contributed by atoms with van der Waals surface area (Å²) < 4.78 is 5.56. The van der Waals surface area contributed by atoms with Gasteiger partial charge in [0, 0.05) is 0 Å². The summed E-state index contributed by atoms with van der Waals surface area (Å²) in [6.45, 7) is 6.51. The average Bonchev–Trinajstić information content (AvgIpc) is 2.53. The summed E-state index contributed by atoms with van der Waals surface area (Å²) >= 11 is 0. The molecule has 1 rings (SSSR count). The van der Waals surface area contributed by atoms with E-state index in [1.165, 1.54) is 32.1 Å². The van der Waals surface area contributed by atoms with Crippen molar-refractivity contribution in [2.75, 3.05) is 0 Å². The Kier molecular flexibility index (Phi) is 10.0. The van der Waals surface area contributed by atoms with Crippen molar-refractivity contribution in [3.05, 3.63) is 0 Å². The molecular weight excluding hydrogens is 304 g/mol. The molecule has 0 aromatic rings. The Morgan fingerprint density at radius 3 is 1.92 bits per heavy atom. The predicted molar refractivity (Wildman–Crippen MR) is 95.8 cm³/mol. The number of esters is 1. The zero-order chi connectivity index (χ0) is 17.9. The van der Waals surface area contributed by atoms with Crippen molar-refractivity contribution in [2.24, 2.45) is 17.8 Å². The van der Waals surface area contributed by atoms with E-state index in [4.69, 9.17) is 9.84 Å². The van der Waals surface area contributed by atoms with E-state index in [0.717, 1.165) is 18.8 Å². The van der Waals surface area contributed by atoms with Gasteiger partial charge in [0.25, 0.3) is 0 Å². The highest BCUT2D eigenvalue weighted by Gasteiger charge is 2.31. The molecule has 0 aliphatic heterocycles. The normalized spacial score (nSPS) is 22.3. The van der Waals surface area contributed by atoms with E-state index in [0.29, 0.717) is 25.7 Å². The summed E-state index contributed by atoms with van der Waals surface area (Å²) in [5.41, 5.74) is 0. The number of carbonyl (C=O) groups excluding carboxylic acids is 1. The topological polar surface area (TPSA) is 63.6 Å². The standard InChI is InChI=1S/C20H36O4/c1-15(2)9-7-5-4-6-8-10-16(3)24-20(23)18-13-11-17(12-14-18)19(21)22/h15-18H,4-14H2,1-3H3,(H,21,22). The summed E-state index contributed by atoms with van der Waals surface area (Å²) in [6.07, 6.45) is 10.9. The molecule has 0 aromatic heterocycles. The first kappa shape index (κ1) is 21.0. The molecule has 1 unspecified atom stereocenters. The Balaban J connectivity index is 2.07. The van der Waals surface area contributed by atoms with Crippen LogP contribution in [0.25, 0.3) is 0 Å². The lowest BCUT2D eigenvalue weighted by molar-refractivity contribution is -0.156. The second-order valence-electron chi connectivity index (χ2n) is 7.87. The molecule has 1 atom stereocenters. The number of unbranched alkanes of at least 4 members (excludes halogenated alkanes) is 4. The first-order valence-electron chi connectivity index (χ1n) is 9.83. The predicted octanol–water partition coefficient (Wildman–Crippen LogP) is 5.20. The number of carboxylic acid groups (broad SMARTS) is 1. The van der Waals surface area contributed by atoms with Gasteiger partial charge in [-0.3, -0.25) is 9.59 Å². The third-order valence-electron chi connectivity index (χ3n) is 5.12. The minimum atomic E-state index is -0.733. The molecule has 140 valence electrons. The summed E-state index contributed by atoms with van der Waals surface area (Å²) in [6, 6.07) is 0. The Bertz CT molecular complexity index is 370. The molecule has 0 heterocycles. The van der Waals surface area contributed by atoms with E-state index in [-0.39, 0.29) is 23.9 Å². The van der Waals surface area contributed by atoms with Crippen molar-refractivity contribution in [1.29, 1.82) is 0 Å². The van der Waals surface area contributed by atoms with Gasteiger partial charge in [-0.05, 0) is 51.4 Å². The van der Waals surface area contributed by atoms with Crippen molar-refractivity contribution in [3.63, 3.8) is 0 Å². The molecule has 1 aliphatic rings. The molecule has 4 heteroatoms. The molecule has 0 aromatic carbocycles. The lowest BCUT2D eigenvalue weighted by Crippen LogP contribution is -2.29. The quantitative estimate of drug-likeness (QED) is 0.415. The van der Waals surface area contributed by atoms with E-state index in [1.54, 1.807) is 0 Å². The number of carboxylic acids is 1. The summed E-state index contributed by atoms with van der Waals surface area (Å²) in [7, 11) is 0. The van der Waals surface area contributed by atoms with Gasteiger partial charge in [-0.15, -0.1) is 0 Å². The smallest absolute Gasteiger partial charge is 0.309 e. The highest BCUT2D eigenvalue weighted by atomic mass is 16.5. The van der Waals surface area contributed by atoms with E-state index in [1.807, 2.05) is 6.92 Å². The van der Waals surface area contributed by atoms with Crippen LogP contribution in [-0.4, -0.2) is 23.1 Å². The fourth-order valence-corrected chi connectivity index (χ4v) is 3.44. The van der Waals surface area contributed by atoms with E-state index in [9.17, 15) is 9.59 Å². The number of aliphatic carboxylic acids is 1. The molecule has 1 saturated carbocycles. The van der Waals surface area contributed by atoms with Crippen LogP contribution in [0.5, 0.6) is 0 Å². The van der Waals surface area contributed by atoms with Crippen molar-refractivity contribution >= 4 is 11.9 Å². The third kappa shape index (κ3) is 8.70. The molecule has 1 N–H and O–H groups in total. The SMILES string of the molecule is CC(C)CCCCCCCC(C)OC(=O)C1CCC(C(=O)O)CC1. The Hall–Kier alpha value is -1.06. The lowest BCUT2D eigenvalue weighted by Gasteiger charge is -2.25. The van der Waals surface area contributed by atoms with Gasteiger partial charge < -0.3 is 9.84 Å². The molecule has 0 radical (unpaired) electrons. The van der Waals surface area contributed by atoms with Gasteiger partial charge in [0.15, 0.2) is 0 Å². The third-order valence-corrected chi connectivity index (χ3v) is 5.12. The van der Waals surface area contributed by atoms with E-state index in [2.05, 4.69) is 13.8 Å². The van der Waals surface area contributed by atoms with Crippen LogP contribution in [0.3, 0.4) is 0 Å². The zero-order valence-corrected chi connectivity index (χ0v) is 15.8. The van der Waals surface area contributed by atoms with Crippen LogP contribution in [0.2, 0.25) is 0 Å². The van der Waals surface area contributed by atoms with Crippen LogP contribution in [-0.2, 0) is 14.3 Å². The first-order valence-corrected chi connectivity index (χ1v) is 9.83. The summed E-state index contributed by atoms with van der Waals surface area (Å²) in [4.78, 5) is 23.1. The highest BCUT2D eigenvalue weighted by molar-refractivity contribution is 5.74. The number of carbonyl (C=O) groups is 2. The monoisotopic (exact) mass is 340 g/mol. The van der Waals surface area contributed by atoms with E-state index >= 15 is 0 Å².